The van der Waals surface area contributed by atoms with Crippen molar-refractivity contribution in [1.29, 1.82) is 0 Å². The molecule has 146 valence electrons. The molecule has 0 heterocycles. The van der Waals surface area contributed by atoms with Crippen LogP contribution in [-0.2, 0) is 14.4 Å². The summed E-state index contributed by atoms with van der Waals surface area (Å²) in [6.07, 6.45) is 4.48. The summed E-state index contributed by atoms with van der Waals surface area (Å²) in [6.45, 7) is 10.2. The van der Waals surface area contributed by atoms with Gasteiger partial charge in [-0.05, 0) is 38.1 Å². The van der Waals surface area contributed by atoms with Crippen molar-refractivity contribution in [3.8, 4) is 0 Å². The minimum atomic E-state index is -0.625. The Morgan fingerprint density at radius 3 is 1.88 bits per heavy atom. The number of hydrogen-bond acceptors (Lipinski definition) is 4. The van der Waals surface area contributed by atoms with Crippen molar-refractivity contribution < 1.29 is 14.4 Å². The second-order valence-corrected chi connectivity index (χ2v) is 7.55. The number of aldehydes is 1. The fourth-order valence-corrected chi connectivity index (χ4v) is 2.68. The third-order valence-corrected chi connectivity index (χ3v) is 4.07. The first-order chi connectivity index (χ1) is 11.7. The van der Waals surface area contributed by atoms with Crippen LogP contribution in [0.3, 0.4) is 0 Å². The van der Waals surface area contributed by atoms with Crippen molar-refractivity contribution in [2.24, 2.45) is 11.8 Å². The summed E-state index contributed by atoms with van der Waals surface area (Å²) in [7, 11) is 1.75. The maximum absolute atomic E-state index is 12.6. The molecule has 0 aliphatic carbocycles. The van der Waals surface area contributed by atoms with E-state index in [-0.39, 0.29) is 23.8 Å². The third-order valence-electron chi connectivity index (χ3n) is 4.07. The van der Waals surface area contributed by atoms with Gasteiger partial charge in [0.1, 0.15) is 12.3 Å². The largest absolute Gasteiger partial charge is 0.345 e. The van der Waals surface area contributed by atoms with E-state index in [0.717, 1.165) is 19.1 Å². The highest BCUT2D eigenvalue weighted by Gasteiger charge is 2.27. The molecule has 0 aliphatic heterocycles. The number of hydrogen-bond donors (Lipinski definition) is 3. The van der Waals surface area contributed by atoms with Crippen molar-refractivity contribution in [2.75, 3.05) is 7.05 Å². The quantitative estimate of drug-likeness (QED) is 0.441. The molecule has 0 fully saturated rings. The van der Waals surface area contributed by atoms with Crippen LogP contribution in [0.15, 0.2) is 0 Å². The molecule has 25 heavy (non-hydrogen) atoms. The molecule has 6 nitrogen and oxygen atoms in total. The smallest absolute Gasteiger partial charge is 0.243 e. The molecule has 0 saturated carbocycles. The zero-order chi connectivity index (χ0) is 19.4. The van der Waals surface area contributed by atoms with Gasteiger partial charge >= 0.3 is 0 Å². The Morgan fingerprint density at radius 2 is 1.44 bits per heavy atom. The molecule has 0 radical (unpaired) electrons. The Morgan fingerprint density at radius 1 is 0.920 bits per heavy atom. The van der Waals surface area contributed by atoms with E-state index in [4.69, 9.17) is 0 Å². The Balaban J connectivity index is 4.94. The van der Waals surface area contributed by atoms with Gasteiger partial charge in [-0.25, -0.2) is 0 Å². The van der Waals surface area contributed by atoms with Crippen molar-refractivity contribution in [3.63, 3.8) is 0 Å². The summed E-state index contributed by atoms with van der Waals surface area (Å²) in [5.41, 5.74) is 0. The van der Waals surface area contributed by atoms with E-state index in [0.29, 0.717) is 25.2 Å². The van der Waals surface area contributed by atoms with E-state index < -0.39 is 12.1 Å². The summed E-state index contributed by atoms with van der Waals surface area (Å²) >= 11 is 0. The minimum Gasteiger partial charge on any atom is -0.345 e. The van der Waals surface area contributed by atoms with Gasteiger partial charge in [-0.3, -0.25) is 9.59 Å². The number of carbonyl (C=O) groups is 3. The molecule has 2 amide bonds. The highest BCUT2D eigenvalue weighted by Crippen LogP contribution is 2.09. The minimum absolute atomic E-state index is 0.173. The number of nitrogens with one attached hydrogen (secondary N) is 3. The van der Waals surface area contributed by atoms with Crippen LogP contribution in [0.1, 0.15) is 66.7 Å². The van der Waals surface area contributed by atoms with Crippen LogP contribution in [0.2, 0.25) is 0 Å². The van der Waals surface area contributed by atoms with Gasteiger partial charge in [-0.15, -0.1) is 0 Å². The van der Waals surface area contributed by atoms with Gasteiger partial charge in [0.15, 0.2) is 0 Å². The van der Waals surface area contributed by atoms with E-state index >= 15 is 0 Å². The molecule has 0 spiro atoms. The lowest BCUT2D eigenvalue weighted by atomic mass is 10.00. The Hall–Kier alpha value is -1.43. The van der Waals surface area contributed by atoms with Gasteiger partial charge in [0.25, 0.3) is 0 Å². The fourth-order valence-electron chi connectivity index (χ4n) is 2.68. The fraction of sp³-hybridized carbons (Fsp3) is 0.842. The van der Waals surface area contributed by atoms with Gasteiger partial charge < -0.3 is 20.7 Å². The second kappa shape index (κ2) is 12.9. The topological polar surface area (TPSA) is 87.3 Å². The van der Waals surface area contributed by atoms with Crippen LogP contribution in [0.4, 0.5) is 0 Å². The first-order valence-corrected chi connectivity index (χ1v) is 9.48. The monoisotopic (exact) mass is 355 g/mol. The number of carbonyl (C=O) groups excluding carboxylic acids is 3. The predicted molar refractivity (Wildman–Crippen MR) is 101 cm³/mol. The van der Waals surface area contributed by atoms with E-state index in [1.54, 1.807) is 7.05 Å². The van der Waals surface area contributed by atoms with Crippen LogP contribution < -0.4 is 16.0 Å². The van der Waals surface area contributed by atoms with Crippen LogP contribution in [0.5, 0.6) is 0 Å². The average Bonchev–Trinajstić information content (AvgIpc) is 2.54. The first kappa shape index (κ1) is 23.6. The summed E-state index contributed by atoms with van der Waals surface area (Å²) < 4.78 is 0. The van der Waals surface area contributed by atoms with Gasteiger partial charge in [0.05, 0.1) is 12.1 Å². The predicted octanol–water partition coefficient (Wildman–Crippen LogP) is 2.03. The molecular formula is C19H37N3O3. The molecule has 0 aromatic heterocycles. The van der Waals surface area contributed by atoms with Gasteiger partial charge in [0.2, 0.25) is 11.8 Å². The molecular weight excluding hydrogens is 318 g/mol. The van der Waals surface area contributed by atoms with E-state index in [1.165, 1.54) is 0 Å². The number of unbranched alkanes of at least 4 members (excludes halogenated alkanes) is 1. The summed E-state index contributed by atoms with van der Waals surface area (Å²) in [5, 5.41) is 8.64. The average molecular weight is 356 g/mol. The molecule has 3 atom stereocenters. The van der Waals surface area contributed by atoms with Gasteiger partial charge in [0, 0.05) is 0 Å². The van der Waals surface area contributed by atoms with Crippen molar-refractivity contribution in [3.05, 3.63) is 0 Å². The van der Waals surface area contributed by atoms with E-state index in [1.807, 2.05) is 20.8 Å². The molecule has 0 aromatic carbocycles. The first-order valence-electron chi connectivity index (χ1n) is 9.48. The van der Waals surface area contributed by atoms with Gasteiger partial charge in [-0.1, -0.05) is 47.5 Å². The van der Waals surface area contributed by atoms with E-state index in [9.17, 15) is 14.4 Å². The lowest BCUT2D eigenvalue weighted by Crippen LogP contribution is -2.54. The van der Waals surface area contributed by atoms with Crippen LogP contribution in [0, 0.1) is 11.8 Å². The Bertz CT molecular complexity index is 411. The molecule has 6 heteroatoms. The summed E-state index contributed by atoms with van der Waals surface area (Å²) in [6, 6.07) is -1.45. The number of amides is 2. The van der Waals surface area contributed by atoms with Crippen LogP contribution in [0.25, 0.3) is 0 Å². The molecule has 0 rings (SSSR count). The standard InChI is InChI=1S/C19H37N3O3/c1-7-8-9-15(12-23)21-19(25)17(11-14(4)5)22-18(24)16(20-6)10-13(2)3/h12-17,20H,7-11H2,1-6H3,(H,21,25)(H,22,24)/t15-,16-,17-/m0/s1. The SMILES string of the molecule is CCCC[C@@H](C=O)NC(=O)[C@H](CC(C)C)NC(=O)[C@H](CC(C)C)NC. The molecule has 0 bridgehead atoms. The Kier molecular flexibility index (Phi) is 12.1. The summed E-state index contributed by atoms with van der Waals surface area (Å²) in [5.74, 6) is 0.163. The lowest BCUT2D eigenvalue weighted by molar-refractivity contribution is -0.131. The lowest BCUT2D eigenvalue weighted by Gasteiger charge is -2.25. The maximum Gasteiger partial charge on any atom is 0.243 e. The third kappa shape index (κ3) is 10.2. The zero-order valence-corrected chi connectivity index (χ0v) is 16.7. The molecule has 0 aliphatic rings. The molecule has 0 unspecified atom stereocenters. The second-order valence-electron chi connectivity index (χ2n) is 7.55. The van der Waals surface area contributed by atoms with Crippen LogP contribution in [-0.4, -0.2) is 43.3 Å². The van der Waals surface area contributed by atoms with Gasteiger partial charge in [-0.2, -0.15) is 0 Å². The highest BCUT2D eigenvalue weighted by molar-refractivity contribution is 5.90. The normalized spacial score (nSPS) is 14.9. The maximum atomic E-state index is 12.6. The number of likely N-dealkylation sites (N-methyl/N-ethyl adjacent to an activating group) is 1. The molecule has 0 saturated heterocycles. The highest BCUT2D eigenvalue weighted by atomic mass is 16.2. The van der Waals surface area contributed by atoms with Crippen LogP contribution >= 0.6 is 0 Å². The van der Waals surface area contributed by atoms with Crippen molar-refractivity contribution >= 4 is 18.1 Å². The summed E-state index contributed by atoms with van der Waals surface area (Å²) in [4.78, 5) is 36.3. The van der Waals surface area contributed by atoms with Crippen molar-refractivity contribution in [1.82, 2.24) is 16.0 Å². The molecule has 0 aromatic rings. The molecule has 3 N–H and O–H groups in total. The zero-order valence-electron chi connectivity index (χ0n) is 16.7. The van der Waals surface area contributed by atoms with Crippen molar-refractivity contribution in [2.45, 2.75) is 84.8 Å². The van der Waals surface area contributed by atoms with E-state index in [2.05, 4.69) is 29.8 Å². The number of rotatable bonds is 13. The Labute approximate surface area is 152 Å².